The molecule has 0 spiro atoms. The fraction of sp³-hybridized carbons (Fsp3) is 1.00. The second kappa shape index (κ2) is 4.11. The molecule has 6 bridgehead atoms. The molecule has 4 aliphatic carbocycles. The molecule has 4 atom stereocenters. The molecule has 0 radical (unpaired) electrons. The quantitative estimate of drug-likeness (QED) is 0.767. The number of fused-ring (bicyclic) bond motifs is 2. The Labute approximate surface area is 135 Å². The molecule has 2 aliphatic heterocycles. The van der Waals surface area contributed by atoms with Gasteiger partial charge in [0.25, 0.3) is 0 Å². The van der Waals surface area contributed by atoms with Crippen LogP contribution in [0.2, 0.25) is 0 Å². The van der Waals surface area contributed by atoms with Crippen LogP contribution >= 0.6 is 0 Å². The summed E-state index contributed by atoms with van der Waals surface area (Å²) in [5.74, 6) is 0.894. The van der Waals surface area contributed by atoms with Crippen molar-refractivity contribution in [3.05, 3.63) is 0 Å². The number of aliphatic hydroxyl groups is 1. The van der Waals surface area contributed by atoms with Gasteiger partial charge in [0.15, 0.2) is 0 Å². The summed E-state index contributed by atoms with van der Waals surface area (Å²) in [6, 6.07) is 1.18. The van der Waals surface area contributed by atoms with Gasteiger partial charge in [-0.2, -0.15) is 0 Å². The van der Waals surface area contributed by atoms with Crippen LogP contribution in [0, 0.1) is 22.2 Å². The lowest BCUT2D eigenvalue weighted by Crippen LogP contribution is -2.68. The highest BCUT2D eigenvalue weighted by Gasteiger charge is 2.67. The predicted octanol–water partition coefficient (Wildman–Crippen LogP) is 4.02. The van der Waals surface area contributed by atoms with Gasteiger partial charge in [-0.1, -0.05) is 20.3 Å². The van der Waals surface area contributed by atoms with E-state index in [1.54, 1.807) is 0 Å². The number of rotatable bonds is 1. The Morgan fingerprint density at radius 3 is 1.95 bits per heavy atom. The van der Waals surface area contributed by atoms with E-state index < -0.39 is 0 Å². The molecule has 2 nitrogen and oxygen atoms in total. The summed E-state index contributed by atoms with van der Waals surface area (Å²) in [4.78, 5) is 0. The highest BCUT2D eigenvalue weighted by Crippen LogP contribution is 2.73. The third-order valence-corrected chi connectivity index (χ3v) is 8.36. The van der Waals surface area contributed by atoms with E-state index in [1.807, 2.05) is 0 Å². The molecule has 2 heteroatoms. The molecule has 4 saturated carbocycles. The highest BCUT2D eigenvalue weighted by atomic mass is 16.3. The molecule has 2 saturated heterocycles. The van der Waals surface area contributed by atoms with Crippen molar-refractivity contribution in [2.45, 2.75) is 102 Å². The SMILES string of the molecule is CC12CC3CC(C)(C1)CC(C1(O)CC4CCCC(C1)N4)(C3)C2. The summed E-state index contributed by atoms with van der Waals surface area (Å²) in [6.07, 6.45) is 14.2. The van der Waals surface area contributed by atoms with Gasteiger partial charge >= 0.3 is 0 Å². The zero-order valence-electron chi connectivity index (χ0n) is 14.5. The minimum absolute atomic E-state index is 0.242. The Balaban J connectivity index is 1.53. The minimum Gasteiger partial charge on any atom is -0.389 e. The van der Waals surface area contributed by atoms with Crippen LogP contribution in [0.3, 0.4) is 0 Å². The molecule has 6 fully saturated rings. The molecule has 0 amide bonds. The van der Waals surface area contributed by atoms with Gasteiger partial charge in [0.05, 0.1) is 5.60 Å². The maximum absolute atomic E-state index is 11.9. The summed E-state index contributed by atoms with van der Waals surface area (Å²) in [5, 5.41) is 15.7. The number of hydrogen-bond acceptors (Lipinski definition) is 2. The Bertz CT molecular complexity index is 470. The Morgan fingerprint density at radius 1 is 0.818 bits per heavy atom. The van der Waals surface area contributed by atoms with Crippen molar-refractivity contribution in [1.82, 2.24) is 5.32 Å². The Hall–Kier alpha value is -0.0800. The van der Waals surface area contributed by atoms with Gasteiger partial charge in [0, 0.05) is 17.5 Å². The summed E-state index contributed by atoms with van der Waals surface area (Å²) in [6.45, 7) is 5.07. The van der Waals surface area contributed by atoms with Gasteiger partial charge in [0.1, 0.15) is 0 Å². The molecule has 0 aromatic rings. The fourth-order valence-corrected chi connectivity index (χ4v) is 8.73. The van der Waals surface area contributed by atoms with Gasteiger partial charge < -0.3 is 10.4 Å². The molecule has 22 heavy (non-hydrogen) atoms. The molecular weight excluding hydrogens is 270 g/mol. The second-order valence-corrected chi connectivity index (χ2v) is 10.8. The summed E-state index contributed by atoms with van der Waals surface area (Å²) in [5.41, 5.74) is 0.898. The van der Waals surface area contributed by atoms with Crippen LogP contribution in [0.25, 0.3) is 0 Å². The second-order valence-electron chi connectivity index (χ2n) is 10.8. The van der Waals surface area contributed by atoms with E-state index in [0.717, 1.165) is 18.8 Å². The minimum atomic E-state index is -0.379. The number of piperidine rings is 2. The normalized spacial score (nSPS) is 63.1. The standard InChI is InChI=1S/C20H33NO/c1-17-6-14-7-18(2,11-17)13-19(8-14,12-17)20(22)9-15-4-3-5-16(10-20)21-15/h14-16,21-22H,3-13H2,1-2H3. The predicted molar refractivity (Wildman–Crippen MR) is 88.6 cm³/mol. The zero-order valence-corrected chi connectivity index (χ0v) is 14.5. The van der Waals surface area contributed by atoms with Crippen molar-refractivity contribution < 1.29 is 5.11 Å². The van der Waals surface area contributed by atoms with Crippen molar-refractivity contribution in [2.75, 3.05) is 0 Å². The first kappa shape index (κ1) is 14.3. The van der Waals surface area contributed by atoms with Crippen LogP contribution in [0.15, 0.2) is 0 Å². The summed E-state index contributed by atoms with van der Waals surface area (Å²) >= 11 is 0. The van der Waals surface area contributed by atoms with Crippen LogP contribution < -0.4 is 5.32 Å². The van der Waals surface area contributed by atoms with Crippen molar-refractivity contribution in [2.24, 2.45) is 22.2 Å². The Morgan fingerprint density at radius 2 is 1.41 bits per heavy atom. The van der Waals surface area contributed by atoms with Gasteiger partial charge in [-0.3, -0.25) is 0 Å². The average Bonchev–Trinajstić information content (AvgIpc) is 2.33. The van der Waals surface area contributed by atoms with E-state index in [1.165, 1.54) is 57.8 Å². The van der Waals surface area contributed by atoms with Crippen LogP contribution in [-0.4, -0.2) is 22.8 Å². The van der Waals surface area contributed by atoms with Gasteiger partial charge in [-0.05, 0) is 81.0 Å². The molecule has 2 heterocycles. The van der Waals surface area contributed by atoms with E-state index in [0.29, 0.717) is 22.9 Å². The van der Waals surface area contributed by atoms with Crippen LogP contribution in [0.4, 0.5) is 0 Å². The third-order valence-electron chi connectivity index (χ3n) is 8.36. The van der Waals surface area contributed by atoms with Crippen molar-refractivity contribution in [1.29, 1.82) is 0 Å². The smallest absolute Gasteiger partial charge is 0.0733 e. The monoisotopic (exact) mass is 303 g/mol. The first-order valence-corrected chi connectivity index (χ1v) is 9.80. The topological polar surface area (TPSA) is 32.3 Å². The first-order valence-electron chi connectivity index (χ1n) is 9.80. The third kappa shape index (κ3) is 1.86. The molecule has 0 aromatic heterocycles. The van der Waals surface area contributed by atoms with Crippen molar-refractivity contribution >= 4 is 0 Å². The van der Waals surface area contributed by atoms with Gasteiger partial charge in [-0.25, -0.2) is 0 Å². The maximum atomic E-state index is 11.9. The molecule has 124 valence electrons. The van der Waals surface area contributed by atoms with E-state index in [9.17, 15) is 5.11 Å². The van der Waals surface area contributed by atoms with Crippen LogP contribution in [0.5, 0.6) is 0 Å². The largest absolute Gasteiger partial charge is 0.389 e. The van der Waals surface area contributed by atoms with Gasteiger partial charge in [-0.15, -0.1) is 0 Å². The lowest BCUT2D eigenvalue weighted by atomic mass is 9.36. The Kier molecular flexibility index (Phi) is 2.67. The zero-order chi connectivity index (χ0) is 15.2. The average molecular weight is 303 g/mol. The van der Waals surface area contributed by atoms with E-state index in [-0.39, 0.29) is 11.0 Å². The highest BCUT2D eigenvalue weighted by molar-refractivity contribution is 5.18. The molecule has 6 rings (SSSR count). The van der Waals surface area contributed by atoms with Gasteiger partial charge in [0.2, 0.25) is 0 Å². The van der Waals surface area contributed by atoms with E-state index >= 15 is 0 Å². The van der Waals surface area contributed by atoms with Crippen molar-refractivity contribution in [3.8, 4) is 0 Å². The maximum Gasteiger partial charge on any atom is 0.0733 e. The van der Waals surface area contributed by atoms with E-state index in [2.05, 4.69) is 19.2 Å². The van der Waals surface area contributed by atoms with E-state index in [4.69, 9.17) is 0 Å². The lowest BCUT2D eigenvalue weighted by molar-refractivity contribution is -0.240. The van der Waals surface area contributed by atoms with Crippen LogP contribution in [0.1, 0.15) is 84.5 Å². The summed E-state index contributed by atoms with van der Waals surface area (Å²) in [7, 11) is 0. The fourth-order valence-electron chi connectivity index (χ4n) is 8.73. The molecule has 0 aromatic carbocycles. The molecule has 6 aliphatic rings. The number of nitrogens with one attached hydrogen (secondary N) is 1. The van der Waals surface area contributed by atoms with Crippen molar-refractivity contribution in [3.63, 3.8) is 0 Å². The number of hydrogen-bond donors (Lipinski definition) is 2. The van der Waals surface area contributed by atoms with Crippen LogP contribution in [-0.2, 0) is 0 Å². The summed E-state index contributed by atoms with van der Waals surface area (Å²) < 4.78 is 0. The lowest BCUT2D eigenvalue weighted by Gasteiger charge is -2.70. The molecule has 4 unspecified atom stereocenters. The first-order chi connectivity index (χ1) is 10.3. The molecular formula is C20H33NO. The molecule has 2 N–H and O–H groups in total.